The van der Waals surface area contributed by atoms with Crippen molar-refractivity contribution in [3.05, 3.63) is 61.8 Å². The summed E-state index contributed by atoms with van der Waals surface area (Å²) in [5.41, 5.74) is 6.01. The van der Waals surface area contributed by atoms with Gasteiger partial charge in [-0.3, -0.25) is 18.7 Å². The summed E-state index contributed by atoms with van der Waals surface area (Å²) in [5, 5.41) is 2.51. The smallest absolute Gasteiger partial charge is 0.332 e. The molecular weight excluding hydrogens is 352 g/mol. The number of amides is 1. The van der Waals surface area contributed by atoms with Crippen molar-refractivity contribution in [2.45, 2.75) is 26.2 Å². The fourth-order valence-corrected chi connectivity index (χ4v) is 2.72. The van der Waals surface area contributed by atoms with Crippen LogP contribution in [0.25, 0.3) is 0 Å². The summed E-state index contributed by atoms with van der Waals surface area (Å²) in [7, 11) is 2.75. The van der Waals surface area contributed by atoms with E-state index >= 15 is 0 Å². The number of carbonyl (C=O) groups is 1. The van der Waals surface area contributed by atoms with Gasteiger partial charge in [-0.1, -0.05) is 45.1 Å². The molecule has 0 unspecified atom stereocenters. The number of rotatable bonds is 2. The third kappa shape index (κ3) is 3.60. The number of thiocarbonyl (C=S) groups is 1. The van der Waals surface area contributed by atoms with Gasteiger partial charge in [0.05, 0.1) is 0 Å². The van der Waals surface area contributed by atoms with Crippen LogP contribution in [0.5, 0.6) is 0 Å². The van der Waals surface area contributed by atoms with Gasteiger partial charge >= 0.3 is 5.69 Å². The maximum absolute atomic E-state index is 12.4. The van der Waals surface area contributed by atoms with Crippen LogP contribution in [0.1, 0.15) is 42.3 Å². The van der Waals surface area contributed by atoms with Crippen molar-refractivity contribution >= 4 is 28.9 Å². The first-order chi connectivity index (χ1) is 11.9. The predicted molar refractivity (Wildman–Crippen MR) is 106 cm³/mol. The minimum absolute atomic E-state index is 0.0280. The number of aromatic nitrogens is 2. The number of carbonyl (C=O) groups excluding carboxylic acids is 1. The zero-order valence-corrected chi connectivity index (χ0v) is 16.2. The van der Waals surface area contributed by atoms with E-state index in [1.54, 1.807) is 12.1 Å². The molecule has 3 N–H and O–H groups in total. The highest BCUT2D eigenvalue weighted by Gasteiger charge is 2.20. The molecule has 2 rings (SSSR count). The topological polar surface area (TPSA) is 99.1 Å². The van der Waals surface area contributed by atoms with Gasteiger partial charge in [-0.2, -0.15) is 0 Å². The standard InChI is InChI=1S/C18H22N4O3S/c1-18(2,3)11-8-6-10(7-9-11)14(23)20-15(26)12-13(19)21(4)17(25)22(5)16(12)24/h6-9H,19H2,1-5H3,(H,20,23,26). The van der Waals surface area contributed by atoms with Gasteiger partial charge in [0, 0.05) is 19.7 Å². The van der Waals surface area contributed by atoms with Gasteiger partial charge in [-0.05, 0) is 23.1 Å². The quantitative estimate of drug-likeness (QED) is 0.766. The molecule has 1 heterocycles. The third-order valence-corrected chi connectivity index (χ3v) is 4.48. The molecule has 0 spiro atoms. The third-order valence-electron chi connectivity index (χ3n) is 4.18. The largest absolute Gasteiger partial charge is 0.384 e. The van der Waals surface area contributed by atoms with Crippen LogP contribution in [-0.2, 0) is 19.5 Å². The molecule has 0 aliphatic heterocycles. The molecule has 26 heavy (non-hydrogen) atoms. The molecule has 0 aliphatic rings. The molecule has 0 saturated carbocycles. The van der Waals surface area contributed by atoms with E-state index in [1.807, 2.05) is 12.1 Å². The molecule has 0 atom stereocenters. The Morgan fingerprint density at radius 1 is 1.08 bits per heavy atom. The number of nitrogens with two attached hydrogens (primary N) is 1. The summed E-state index contributed by atoms with van der Waals surface area (Å²) in [6.07, 6.45) is 0. The Morgan fingerprint density at radius 2 is 1.62 bits per heavy atom. The van der Waals surface area contributed by atoms with Crippen LogP contribution in [-0.4, -0.2) is 20.0 Å². The molecule has 0 aliphatic carbocycles. The van der Waals surface area contributed by atoms with Gasteiger partial charge in [-0.15, -0.1) is 0 Å². The van der Waals surface area contributed by atoms with Crippen LogP contribution in [0.3, 0.4) is 0 Å². The molecule has 138 valence electrons. The summed E-state index contributed by atoms with van der Waals surface area (Å²) in [6.45, 7) is 6.24. The van der Waals surface area contributed by atoms with Crippen molar-refractivity contribution < 1.29 is 4.79 Å². The first kappa shape index (κ1) is 19.6. The highest BCUT2D eigenvalue weighted by molar-refractivity contribution is 7.80. The van der Waals surface area contributed by atoms with Crippen molar-refractivity contribution in [2.75, 3.05) is 5.73 Å². The minimum Gasteiger partial charge on any atom is -0.384 e. The van der Waals surface area contributed by atoms with E-state index in [1.165, 1.54) is 14.1 Å². The number of hydrogen-bond donors (Lipinski definition) is 2. The monoisotopic (exact) mass is 374 g/mol. The first-order valence-corrected chi connectivity index (χ1v) is 8.37. The normalized spacial score (nSPS) is 11.3. The Labute approximate surface area is 156 Å². The number of nitrogens with one attached hydrogen (secondary N) is 1. The van der Waals surface area contributed by atoms with Crippen LogP contribution >= 0.6 is 12.2 Å². The molecule has 2 aromatic rings. The van der Waals surface area contributed by atoms with E-state index in [2.05, 4.69) is 26.1 Å². The van der Waals surface area contributed by atoms with Gasteiger partial charge in [0.25, 0.3) is 11.5 Å². The number of anilines is 1. The molecular formula is C18H22N4O3S. The highest BCUT2D eigenvalue weighted by atomic mass is 32.1. The van der Waals surface area contributed by atoms with E-state index in [0.717, 1.165) is 14.7 Å². The van der Waals surface area contributed by atoms with Crippen molar-refractivity contribution in [1.29, 1.82) is 0 Å². The zero-order chi connectivity index (χ0) is 19.8. The second kappa shape index (κ2) is 6.87. The highest BCUT2D eigenvalue weighted by Crippen LogP contribution is 2.22. The zero-order valence-electron chi connectivity index (χ0n) is 15.4. The lowest BCUT2D eigenvalue weighted by Crippen LogP contribution is -2.44. The van der Waals surface area contributed by atoms with Crippen LogP contribution < -0.4 is 22.3 Å². The second-order valence-corrected chi connectivity index (χ2v) is 7.48. The lowest BCUT2D eigenvalue weighted by molar-refractivity contribution is 0.0978. The summed E-state index contributed by atoms with van der Waals surface area (Å²) < 4.78 is 2.00. The Balaban J connectivity index is 2.33. The van der Waals surface area contributed by atoms with Crippen LogP contribution in [0.2, 0.25) is 0 Å². The average Bonchev–Trinajstić information content (AvgIpc) is 2.57. The Kier molecular flexibility index (Phi) is 5.18. The van der Waals surface area contributed by atoms with E-state index in [-0.39, 0.29) is 21.8 Å². The fourth-order valence-electron chi connectivity index (χ4n) is 2.43. The molecule has 8 heteroatoms. The summed E-state index contributed by atoms with van der Waals surface area (Å²) in [5.74, 6) is -0.544. The molecule has 1 aromatic heterocycles. The van der Waals surface area contributed by atoms with E-state index in [4.69, 9.17) is 18.0 Å². The van der Waals surface area contributed by atoms with Gasteiger partial charge < -0.3 is 11.1 Å². The molecule has 1 aromatic carbocycles. The Hall–Kier alpha value is -2.74. The van der Waals surface area contributed by atoms with Gasteiger partial charge in [0.2, 0.25) is 0 Å². The molecule has 7 nitrogen and oxygen atoms in total. The maximum Gasteiger partial charge on any atom is 0.332 e. The van der Waals surface area contributed by atoms with Crippen molar-refractivity contribution in [3.63, 3.8) is 0 Å². The fraction of sp³-hybridized carbons (Fsp3) is 0.333. The average molecular weight is 374 g/mol. The molecule has 0 radical (unpaired) electrons. The van der Waals surface area contributed by atoms with Crippen molar-refractivity contribution in [3.8, 4) is 0 Å². The van der Waals surface area contributed by atoms with Gasteiger partial charge in [0.15, 0.2) is 0 Å². The van der Waals surface area contributed by atoms with Gasteiger partial charge in [-0.25, -0.2) is 4.79 Å². The first-order valence-electron chi connectivity index (χ1n) is 7.97. The molecule has 0 bridgehead atoms. The molecule has 0 saturated heterocycles. The van der Waals surface area contributed by atoms with Crippen molar-refractivity contribution in [1.82, 2.24) is 14.5 Å². The SMILES string of the molecule is Cn1c(N)c(C(=S)NC(=O)c2ccc(C(C)(C)C)cc2)c(=O)n(C)c1=O. The van der Waals surface area contributed by atoms with Crippen LogP contribution in [0.15, 0.2) is 33.9 Å². The van der Waals surface area contributed by atoms with Gasteiger partial charge in [0.1, 0.15) is 16.4 Å². The van der Waals surface area contributed by atoms with Crippen LogP contribution in [0.4, 0.5) is 5.82 Å². The lowest BCUT2D eigenvalue weighted by atomic mass is 9.87. The lowest BCUT2D eigenvalue weighted by Gasteiger charge is -2.19. The van der Waals surface area contributed by atoms with E-state index < -0.39 is 17.2 Å². The number of benzene rings is 1. The summed E-state index contributed by atoms with van der Waals surface area (Å²) in [4.78, 5) is 36.5. The number of nitrogens with zero attached hydrogens (tertiary/aromatic N) is 2. The Bertz CT molecular complexity index is 995. The predicted octanol–water partition coefficient (Wildman–Crippen LogP) is 1.07. The Morgan fingerprint density at radius 3 is 2.12 bits per heavy atom. The minimum atomic E-state index is -0.654. The molecule has 0 fully saturated rings. The molecule has 1 amide bonds. The number of hydrogen-bond acceptors (Lipinski definition) is 5. The summed E-state index contributed by atoms with van der Waals surface area (Å²) >= 11 is 5.18. The summed E-state index contributed by atoms with van der Waals surface area (Å²) in [6, 6.07) is 7.14. The van der Waals surface area contributed by atoms with E-state index in [9.17, 15) is 14.4 Å². The number of nitrogen functional groups attached to an aromatic ring is 1. The maximum atomic E-state index is 12.4. The van der Waals surface area contributed by atoms with Crippen molar-refractivity contribution in [2.24, 2.45) is 14.1 Å². The van der Waals surface area contributed by atoms with Crippen LogP contribution in [0, 0.1) is 0 Å². The van der Waals surface area contributed by atoms with E-state index in [0.29, 0.717) is 5.56 Å². The second-order valence-electron chi connectivity index (χ2n) is 7.08.